The molecule has 0 atom stereocenters. The summed E-state index contributed by atoms with van der Waals surface area (Å²) < 4.78 is 0. The van der Waals surface area contributed by atoms with Crippen LogP contribution in [0, 0.1) is 10.1 Å². The van der Waals surface area contributed by atoms with Gasteiger partial charge >= 0.3 is 5.69 Å². The number of aromatic nitrogens is 2. The molecule has 0 saturated carbocycles. The van der Waals surface area contributed by atoms with Gasteiger partial charge in [0.1, 0.15) is 6.33 Å². The van der Waals surface area contributed by atoms with E-state index < -0.39 is 4.92 Å². The molecule has 1 saturated heterocycles. The predicted molar refractivity (Wildman–Crippen MR) is 128 cm³/mol. The zero-order valence-electron chi connectivity index (χ0n) is 18.6. The second-order valence-electron chi connectivity index (χ2n) is 8.00. The number of nitrogens with zero attached hydrogens (tertiary/aromatic N) is 7. The molecule has 10 heteroatoms. The first-order valence-electron chi connectivity index (χ1n) is 10.8. The van der Waals surface area contributed by atoms with Crippen molar-refractivity contribution in [2.75, 3.05) is 37.4 Å². The van der Waals surface area contributed by atoms with Gasteiger partial charge in [-0.2, -0.15) is 10.2 Å². The van der Waals surface area contributed by atoms with Crippen LogP contribution in [-0.2, 0) is 0 Å². The minimum Gasteiger partial charge on any atom is -0.351 e. The van der Waals surface area contributed by atoms with E-state index in [4.69, 9.17) is 0 Å². The lowest BCUT2D eigenvalue weighted by molar-refractivity contribution is -0.383. The van der Waals surface area contributed by atoms with Crippen molar-refractivity contribution in [3.63, 3.8) is 0 Å². The molecule has 1 N–H and O–H groups in total. The number of nitro groups is 1. The lowest BCUT2D eigenvalue weighted by atomic mass is 10.0. The Bertz CT molecular complexity index is 1110. The predicted octanol–water partition coefficient (Wildman–Crippen LogP) is 5.07. The van der Waals surface area contributed by atoms with E-state index >= 15 is 0 Å². The highest BCUT2D eigenvalue weighted by Crippen LogP contribution is 2.35. The van der Waals surface area contributed by atoms with Gasteiger partial charge in [0.25, 0.3) is 0 Å². The molecule has 1 aliphatic heterocycles. The van der Waals surface area contributed by atoms with Crippen molar-refractivity contribution in [1.82, 2.24) is 14.9 Å². The summed E-state index contributed by atoms with van der Waals surface area (Å²) in [4.78, 5) is 24.1. The summed E-state index contributed by atoms with van der Waals surface area (Å²) in [6.07, 6.45) is 3.21. The Morgan fingerprint density at radius 3 is 2.30 bits per heavy atom. The van der Waals surface area contributed by atoms with E-state index in [-0.39, 0.29) is 17.5 Å². The molecule has 0 bridgehead atoms. The maximum Gasteiger partial charge on any atom is 0.353 e. The van der Waals surface area contributed by atoms with Crippen LogP contribution in [0.15, 0.2) is 71.2 Å². The number of azo groups is 1. The quantitative estimate of drug-likeness (QED) is 0.306. The molecule has 2 aromatic carbocycles. The number of piperidine rings is 1. The summed E-state index contributed by atoms with van der Waals surface area (Å²) in [6.45, 7) is 1.90. The Morgan fingerprint density at radius 1 is 1.03 bits per heavy atom. The molecule has 0 radical (unpaired) electrons. The summed E-state index contributed by atoms with van der Waals surface area (Å²) in [5.41, 5.74) is 1.96. The van der Waals surface area contributed by atoms with Crippen molar-refractivity contribution >= 4 is 34.4 Å². The lowest BCUT2D eigenvalue weighted by Gasteiger charge is -2.35. The van der Waals surface area contributed by atoms with Crippen molar-refractivity contribution < 1.29 is 4.92 Å². The van der Waals surface area contributed by atoms with E-state index in [1.807, 2.05) is 42.3 Å². The first-order chi connectivity index (χ1) is 16.0. The number of hydrogen-bond donors (Lipinski definition) is 1. The fraction of sp³-hybridized carbons (Fsp3) is 0.304. The van der Waals surface area contributed by atoms with Crippen LogP contribution in [0.25, 0.3) is 0 Å². The number of benzene rings is 2. The lowest BCUT2D eigenvalue weighted by Crippen LogP contribution is -2.42. The summed E-state index contributed by atoms with van der Waals surface area (Å²) in [5, 5.41) is 23.4. The minimum absolute atomic E-state index is 0.133. The van der Waals surface area contributed by atoms with Gasteiger partial charge in [0, 0.05) is 18.8 Å². The normalized spacial score (nSPS) is 15.0. The second kappa shape index (κ2) is 10.1. The van der Waals surface area contributed by atoms with Gasteiger partial charge in [-0.25, -0.2) is 9.97 Å². The third kappa shape index (κ3) is 5.47. The van der Waals surface area contributed by atoms with Crippen LogP contribution in [0.5, 0.6) is 0 Å². The number of hydrogen-bond acceptors (Lipinski definition) is 9. The van der Waals surface area contributed by atoms with Crippen LogP contribution in [-0.4, -0.2) is 53.0 Å². The molecular weight excluding hydrogens is 420 g/mol. The van der Waals surface area contributed by atoms with Gasteiger partial charge in [0.15, 0.2) is 0 Å². The molecular formula is C23H26N8O2. The van der Waals surface area contributed by atoms with Gasteiger partial charge in [-0.1, -0.05) is 18.2 Å². The zero-order chi connectivity index (χ0) is 23.2. The molecule has 4 rings (SSSR count). The Hall–Kier alpha value is -3.92. The van der Waals surface area contributed by atoms with E-state index in [9.17, 15) is 10.1 Å². The van der Waals surface area contributed by atoms with E-state index in [1.54, 1.807) is 24.3 Å². The molecule has 0 unspecified atom stereocenters. The third-order valence-corrected chi connectivity index (χ3v) is 5.72. The van der Waals surface area contributed by atoms with Crippen LogP contribution in [0.4, 0.5) is 34.4 Å². The van der Waals surface area contributed by atoms with Crippen molar-refractivity contribution in [3.05, 3.63) is 71.0 Å². The van der Waals surface area contributed by atoms with Gasteiger partial charge in [0.05, 0.1) is 16.3 Å². The molecule has 0 amide bonds. The number of likely N-dealkylation sites (tertiary alicyclic amines) is 1. The summed E-state index contributed by atoms with van der Waals surface area (Å²) in [6, 6.07) is 16.8. The zero-order valence-corrected chi connectivity index (χ0v) is 18.6. The molecule has 1 aliphatic rings. The number of rotatable bonds is 7. The molecule has 170 valence electrons. The van der Waals surface area contributed by atoms with Crippen molar-refractivity contribution in [1.29, 1.82) is 0 Å². The summed E-state index contributed by atoms with van der Waals surface area (Å²) in [5.74, 6) is 0.476. The Morgan fingerprint density at radius 2 is 1.67 bits per heavy atom. The van der Waals surface area contributed by atoms with Crippen molar-refractivity contribution in [2.45, 2.75) is 18.9 Å². The molecule has 2 heterocycles. The second-order valence-corrected chi connectivity index (χ2v) is 8.00. The third-order valence-electron chi connectivity index (χ3n) is 5.72. The first-order valence-corrected chi connectivity index (χ1v) is 10.8. The minimum atomic E-state index is -0.425. The van der Waals surface area contributed by atoms with E-state index in [2.05, 4.69) is 37.5 Å². The van der Waals surface area contributed by atoms with Crippen LogP contribution < -0.4 is 10.2 Å². The van der Waals surface area contributed by atoms with Crippen LogP contribution >= 0.6 is 0 Å². The number of nitrogens with one attached hydrogen (secondary N) is 1. The maximum atomic E-state index is 12.0. The van der Waals surface area contributed by atoms with Gasteiger partial charge in [-0.15, -0.1) is 0 Å². The van der Waals surface area contributed by atoms with Crippen LogP contribution in [0.2, 0.25) is 0 Å². The molecule has 10 nitrogen and oxygen atoms in total. The summed E-state index contributed by atoms with van der Waals surface area (Å²) >= 11 is 0. The fourth-order valence-electron chi connectivity index (χ4n) is 3.80. The SMILES string of the molecule is CN1CCC(N(C)c2ncnc(Nc3ccc(N=Nc4ccccc4)cc3)c2[N+](=O)[O-])CC1. The monoisotopic (exact) mass is 446 g/mol. The first kappa shape index (κ1) is 22.3. The highest BCUT2D eigenvalue weighted by Gasteiger charge is 2.30. The Balaban J connectivity index is 1.52. The van der Waals surface area contributed by atoms with Crippen molar-refractivity contribution in [3.8, 4) is 0 Å². The molecule has 0 spiro atoms. The number of anilines is 3. The van der Waals surface area contributed by atoms with Gasteiger partial charge in [-0.05, 0) is 69.4 Å². The average Bonchev–Trinajstić information content (AvgIpc) is 2.84. The molecule has 1 aromatic heterocycles. The Labute approximate surface area is 192 Å². The average molecular weight is 447 g/mol. The topological polar surface area (TPSA) is 112 Å². The standard InChI is InChI=1S/C23H26N8O2/c1-29-14-12-20(13-15-29)30(2)23-21(31(32)33)22(24-16-25-23)26-17-8-10-19(11-9-17)28-27-18-6-4-3-5-7-18/h3-11,16,20H,12-15H2,1-2H3,(H,24,25,26). The highest BCUT2D eigenvalue weighted by molar-refractivity contribution is 5.74. The molecule has 1 fully saturated rings. The van der Waals surface area contributed by atoms with Crippen LogP contribution in [0.1, 0.15) is 12.8 Å². The van der Waals surface area contributed by atoms with Gasteiger partial charge in [-0.3, -0.25) is 10.1 Å². The summed E-state index contributed by atoms with van der Waals surface area (Å²) in [7, 11) is 3.95. The van der Waals surface area contributed by atoms with E-state index in [0.717, 1.165) is 31.6 Å². The fourth-order valence-corrected chi connectivity index (χ4v) is 3.80. The molecule has 0 aliphatic carbocycles. The molecule has 33 heavy (non-hydrogen) atoms. The van der Waals surface area contributed by atoms with E-state index in [1.165, 1.54) is 6.33 Å². The van der Waals surface area contributed by atoms with Crippen molar-refractivity contribution in [2.24, 2.45) is 10.2 Å². The molecule has 3 aromatic rings. The smallest absolute Gasteiger partial charge is 0.351 e. The van der Waals surface area contributed by atoms with Gasteiger partial charge < -0.3 is 15.1 Å². The van der Waals surface area contributed by atoms with Crippen LogP contribution in [0.3, 0.4) is 0 Å². The Kier molecular flexibility index (Phi) is 6.84. The largest absolute Gasteiger partial charge is 0.353 e. The maximum absolute atomic E-state index is 12.0. The van der Waals surface area contributed by atoms with E-state index in [0.29, 0.717) is 17.2 Å². The van der Waals surface area contributed by atoms with Gasteiger partial charge in [0.2, 0.25) is 11.6 Å². The highest BCUT2D eigenvalue weighted by atomic mass is 16.6.